The van der Waals surface area contributed by atoms with Crippen molar-refractivity contribution in [2.45, 2.75) is 37.2 Å². The number of alkyl halides is 1. The van der Waals surface area contributed by atoms with E-state index < -0.39 is 0 Å². The van der Waals surface area contributed by atoms with Gasteiger partial charge in [0, 0.05) is 38.4 Å². The smallest absolute Gasteiger partial charge is 0.137 e. The standard InChI is InChI=1S/C21H31ClN4O/c1-24(2)15-11-20(22)27-17-19(18-9-5-3-6-10-18)21-23-12-16-26(21)25-13-7-4-8-14-25/h3,5-6,9-10,12,16,19-20H,4,7-8,11,13-15,17H2,1-2H3. The van der Waals surface area contributed by atoms with Gasteiger partial charge in [0.15, 0.2) is 0 Å². The minimum Gasteiger partial charge on any atom is -0.361 e. The van der Waals surface area contributed by atoms with Crippen LogP contribution in [0, 0.1) is 0 Å². The van der Waals surface area contributed by atoms with E-state index in [-0.39, 0.29) is 11.5 Å². The number of piperidine rings is 1. The SMILES string of the molecule is CN(C)CCC(Cl)OCC(c1ccccc1)c1nccn1N1CCCCC1. The maximum Gasteiger partial charge on any atom is 0.137 e. The first-order chi connectivity index (χ1) is 13.1. The molecule has 0 amide bonds. The second kappa shape index (κ2) is 10.1. The molecule has 27 heavy (non-hydrogen) atoms. The highest BCUT2D eigenvalue weighted by molar-refractivity contribution is 6.19. The van der Waals surface area contributed by atoms with Crippen LogP contribution in [0.25, 0.3) is 0 Å². The number of nitrogens with zero attached hydrogens (tertiary/aromatic N) is 4. The Morgan fingerprint density at radius 2 is 1.89 bits per heavy atom. The lowest BCUT2D eigenvalue weighted by Gasteiger charge is -2.32. The van der Waals surface area contributed by atoms with Crippen LogP contribution in [-0.4, -0.2) is 60.5 Å². The molecule has 0 aliphatic carbocycles. The third kappa shape index (κ3) is 5.71. The molecule has 0 bridgehead atoms. The first-order valence-corrected chi connectivity index (χ1v) is 10.3. The Labute approximate surface area is 167 Å². The van der Waals surface area contributed by atoms with E-state index in [1.807, 2.05) is 26.4 Å². The number of hydrogen-bond donors (Lipinski definition) is 0. The van der Waals surface area contributed by atoms with Crippen molar-refractivity contribution >= 4 is 11.6 Å². The van der Waals surface area contributed by atoms with Gasteiger partial charge in [0.05, 0.1) is 12.5 Å². The van der Waals surface area contributed by atoms with Crippen molar-refractivity contribution in [1.82, 2.24) is 14.6 Å². The quantitative estimate of drug-likeness (QED) is 0.612. The second-order valence-corrected chi connectivity index (χ2v) is 7.93. The second-order valence-electron chi connectivity index (χ2n) is 7.44. The predicted octanol–water partition coefficient (Wildman–Crippen LogP) is 3.67. The molecule has 0 radical (unpaired) electrons. The number of benzene rings is 1. The summed E-state index contributed by atoms with van der Waals surface area (Å²) in [6.45, 7) is 3.59. The van der Waals surface area contributed by atoms with Crippen LogP contribution in [0.3, 0.4) is 0 Å². The molecule has 1 aromatic heterocycles. The fourth-order valence-corrected chi connectivity index (χ4v) is 3.71. The highest BCUT2D eigenvalue weighted by atomic mass is 35.5. The normalized spacial score (nSPS) is 17.3. The first-order valence-electron chi connectivity index (χ1n) is 9.89. The average Bonchev–Trinajstić information content (AvgIpc) is 3.17. The maximum absolute atomic E-state index is 6.42. The lowest BCUT2D eigenvalue weighted by molar-refractivity contribution is 0.0887. The van der Waals surface area contributed by atoms with Crippen LogP contribution in [0.4, 0.5) is 0 Å². The maximum atomic E-state index is 6.42. The van der Waals surface area contributed by atoms with Crippen LogP contribution in [0.5, 0.6) is 0 Å². The summed E-state index contributed by atoms with van der Waals surface area (Å²) >= 11 is 6.42. The summed E-state index contributed by atoms with van der Waals surface area (Å²) in [4.78, 5) is 6.83. The zero-order valence-electron chi connectivity index (χ0n) is 16.4. The molecule has 0 spiro atoms. The topological polar surface area (TPSA) is 33.5 Å². The van der Waals surface area contributed by atoms with Gasteiger partial charge in [0.25, 0.3) is 0 Å². The fraction of sp³-hybridized carbons (Fsp3) is 0.571. The molecule has 2 aromatic rings. The lowest BCUT2D eigenvalue weighted by atomic mass is 9.99. The van der Waals surface area contributed by atoms with Crippen LogP contribution in [0.1, 0.15) is 43.0 Å². The molecule has 0 N–H and O–H groups in total. The highest BCUT2D eigenvalue weighted by Gasteiger charge is 2.24. The summed E-state index contributed by atoms with van der Waals surface area (Å²) in [5, 5.41) is 2.39. The zero-order chi connectivity index (χ0) is 19.1. The van der Waals surface area contributed by atoms with Crippen LogP contribution in [-0.2, 0) is 4.74 Å². The Balaban J connectivity index is 1.76. The van der Waals surface area contributed by atoms with Crippen molar-refractivity contribution in [3.63, 3.8) is 0 Å². The van der Waals surface area contributed by atoms with Crippen molar-refractivity contribution in [2.24, 2.45) is 0 Å². The summed E-state index contributed by atoms with van der Waals surface area (Å²) in [6, 6.07) is 10.5. The lowest BCUT2D eigenvalue weighted by Crippen LogP contribution is -2.40. The van der Waals surface area contributed by atoms with Gasteiger partial charge in [-0.15, -0.1) is 0 Å². The van der Waals surface area contributed by atoms with Gasteiger partial charge in [-0.1, -0.05) is 41.9 Å². The summed E-state index contributed by atoms with van der Waals surface area (Å²) < 4.78 is 8.27. The molecule has 5 nitrogen and oxygen atoms in total. The molecule has 1 aliphatic heterocycles. The van der Waals surface area contributed by atoms with Gasteiger partial charge >= 0.3 is 0 Å². The highest BCUT2D eigenvalue weighted by Crippen LogP contribution is 2.26. The Bertz CT molecular complexity index is 670. The van der Waals surface area contributed by atoms with E-state index in [2.05, 4.69) is 45.0 Å². The van der Waals surface area contributed by atoms with Crippen molar-refractivity contribution < 1.29 is 4.74 Å². The van der Waals surface area contributed by atoms with E-state index in [0.717, 1.165) is 31.9 Å². The van der Waals surface area contributed by atoms with Gasteiger partial charge in [-0.25, -0.2) is 9.66 Å². The largest absolute Gasteiger partial charge is 0.361 e. The molecule has 1 saturated heterocycles. The molecular weight excluding hydrogens is 360 g/mol. The van der Waals surface area contributed by atoms with Crippen LogP contribution >= 0.6 is 11.6 Å². The Kier molecular flexibility index (Phi) is 7.56. The number of rotatable bonds is 9. The van der Waals surface area contributed by atoms with E-state index in [0.29, 0.717) is 6.61 Å². The minimum absolute atomic E-state index is 0.0590. The number of aromatic nitrogens is 2. The van der Waals surface area contributed by atoms with E-state index >= 15 is 0 Å². The van der Waals surface area contributed by atoms with Crippen molar-refractivity contribution in [1.29, 1.82) is 0 Å². The summed E-state index contributed by atoms with van der Waals surface area (Å²) in [5.74, 6) is 1.09. The number of halogens is 1. The van der Waals surface area contributed by atoms with Crippen LogP contribution in [0.15, 0.2) is 42.7 Å². The molecule has 3 rings (SSSR count). The van der Waals surface area contributed by atoms with Gasteiger partial charge < -0.3 is 14.6 Å². The first kappa shape index (κ1) is 20.2. The van der Waals surface area contributed by atoms with Gasteiger partial charge in [0.1, 0.15) is 11.4 Å². The monoisotopic (exact) mass is 390 g/mol. The summed E-state index contributed by atoms with van der Waals surface area (Å²) in [7, 11) is 4.09. The van der Waals surface area contributed by atoms with E-state index in [1.165, 1.54) is 24.8 Å². The van der Waals surface area contributed by atoms with Crippen LogP contribution in [0.2, 0.25) is 0 Å². The van der Waals surface area contributed by atoms with Crippen molar-refractivity contribution in [3.8, 4) is 0 Å². The molecule has 1 aliphatic rings. The molecule has 2 heterocycles. The van der Waals surface area contributed by atoms with Crippen molar-refractivity contribution in [2.75, 3.05) is 45.3 Å². The summed E-state index contributed by atoms with van der Waals surface area (Å²) in [5.41, 5.74) is 0.912. The van der Waals surface area contributed by atoms with Gasteiger partial charge in [-0.05, 0) is 38.9 Å². The third-order valence-corrected chi connectivity index (χ3v) is 5.39. The molecule has 1 aromatic carbocycles. The zero-order valence-corrected chi connectivity index (χ0v) is 17.2. The van der Waals surface area contributed by atoms with E-state index in [9.17, 15) is 0 Å². The predicted molar refractivity (Wildman–Crippen MR) is 111 cm³/mol. The third-order valence-electron chi connectivity index (χ3n) is 5.05. The van der Waals surface area contributed by atoms with Gasteiger partial charge in [0.2, 0.25) is 0 Å². The fourth-order valence-electron chi connectivity index (χ4n) is 3.54. The molecule has 2 unspecified atom stereocenters. The molecule has 0 saturated carbocycles. The Hall–Kier alpha value is -1.56. The molecule has 148 valence electrons. The van der Waals surface area contributed by atoms with Gasteiger partial charge in [-0.2, -0.15) is 0 Å². The number of imidazole rings is 1. The van der Waals surface area contributed by atoms with E-state index in [4.69, 9.17) is 21.3 Å². The molecular formula is C21H31ClN4O. The molecule has 6 heteroatoms. The minimum atomic E-state index is -0.294. The van der Waals surface area contributed by atoms with Crippen LogP contribution < -0.4 is 5.01 Å². The molecule has 1 fully saturated rings. The number of ether oxygens (including phenoxy) is 1. The van der Waals surface area contributed by atoms with Crippen molar-refractivity contribution in [3.05, 3.63) is 54.1 Å². The average molecular weight is 391 g/mol. The number of hydrogen-bond acceptors (Lipinski definition) is 4. The Morgan fingerprint density at radius 1 is 1.15 bits per heavy atom. The van der Waals surface area contributed by atoms with Gasteiger partial charge in [-0.3, -0.25) is 0 Å². The Morgan fingerprint density at radius 3 is 2.59 bits per heavy atom. The summed E-state index contributed by atoms with van der Waals surface area (Å²) in [6.07, 6.45) is 8.55. The molecule has 2 atom stereocenters. The van der Waals surface area contributed by atoms with E-state index in [1.54, 1.807) is 0 Å².